The first-order chi connectivity index (χ1) is 7.85. The van der Waals surface area contributed by atoms with Crippen LogP contribution in [0.3, 0.4) is 0 Å². The molecule has 100 valence electrons. The average Bonchev–Trinajstić information content (AvgIpc) is 2.63. The highest BCUT2D eigenvalue weighted by Crippen LogP contribution is 2.21. The van der Waals surface area contributed by atoms with Gasteiger partial charge in [-0.2, -0.15) is 0 Å². The summed E-state index contributed by atoms with van der Waals surface area (Å²) in [5.74, 6) is -0.478. The van der Waals surface area contributed by atoms with Gasteiger partial charge in [0, 0.05) is 6.54 Å². The second-order valence-corrected chi connectivity index (χ2v) is 5.11. The molecule has 1 heterocycles. The van der Waals surface area contributed by atoms with Crippen molar-refractivity contribution in [2.75, 3.05) is 13.2 Å². The highest BCUT2D eigenvalue weighted by molar-refractivity contribution is 5.81. The van der Waals surface area contributed by atoms with Gasteiger partial charge in [-0.3, -0.25) is 4.79 Å². The van der Waals surface area contributed by atoms with Crippen molar-refractivity contribution >= 4 is 5.91 Å². The standard InChI is InChI=1S/C12H24N2O3/c1-5-8(2)10(13)11(15)14-6-9-7-16-12(3,4)17-9/h8-10H,5-7,13H2,1-4H3,(H,14,15)/t8?,9?,10-/m0/s1. The van der Waals surface area contributed by atoms with Crippen LogP contribution in [0.1, 0.15) is 34.1 Å². The van der Waals surface area contributed by atoms with Crippen molar-refractivity contribution in [3.63, 3.8) is 0 Å². The summed E-state index contributed by atoms with van der Waals surface area (Å²) < 4.78 is 11.0. The molecule has 1 amide bonds. The fraction of sp³-hybridized carbons (Fsp3) is 0.917. The number of rotatable bonds is 5. The fourth-order valence-corrected chi connectivity index (χ4v) is 1.71. The second-order valence-electron chi connectivity index (χ2n) is 5.11. The second kappa shape index (κ2) is 5.80. The van der Waals surface area contributed by atoms with Crippen LogP contribution in [0.5, 0.6) is 0 Å². The van der Waals surface area contributed by atoms with Gasteiger partial charge in [-0.05, 0) is 19.8 Å². The maximum absolute atomic E-state index is 11.7. The van der Waals surface area contributed by atoms with Crippen LogP contribution < -0.4 is 11.1 Å². The summed E-state index contributed by atoms with van der Waals surface area (Å²) in [7, 11) is 0. The Kier molecular flexibility index (Phi) is 4.91. The molecule has 1 aliphatic heterocycles. The average molecular weight is 244 g/mol. The number of hydrogen-bond donors (Lipinski definition) is 2. The van der Waals surface area contributed by atoms with Gasteiger partial charge in [-0.1, -0.05) is 20.3 Å². The van der Waals surface area contributed by atoms with Crippen molar-refractivity contribution < 1.29 is 14.3 Å². The van der Waals surface area contributed by atoms with Crippen molar-refractivity contribution in [2.45, 2.75) is 52.0 Å². The van der Waals surface area contributed by atoms with E-state index in [0.717, 1.165) is 6.42 Å². The Morgan fingerprint density at radius 1 is 1.59 bits per heavy atom. The summed E-state index contributed by atoms with van der Waals surface area (Å²) in [6, 6.07) is -0.449. The van der Waals surface area contributed by atoms with Gasteiger partial charge >= 0.3 is 0 Å². The summed E-state index contributed by atoms with van der Waals surface area (Å²) in [6.45, 7) is 8.68. The zero-order chi connectivity index (χ0) is 13.1. The van der Waals surface area contributed by atoms with E-state index in [2.05, 4.69) is 5.32 Å². The van der Waals surface area contributed by atoms with E-state index in [1.165, 1.54) is 0 Å². The molecule has 1 aliphatic rings. The first kappa shape index (κ1) is 14.4. The molecule has 3 atom stereocenters. The van der Waals surface area contributed by atoms with Crippen molar-refractivity contribution in [1.82, 2.24) is 5.32 Å². The lowest BCUT2D eigenvalue weighted by Crippen LogP contribution is -2.47. The van der Waals surface area contributed by atoms with Crippen LogP contribution >= 0.6 is 0 Å². The van der Waals surface area contributed by atoms with E-state index in [0.29, 0.717) is 13.2 Å². The molecule has 5 nitrogen and oxygen atoms in total. The van der Waals surface area contributed by atoms with Crippen LogP contribution in [0.25, 0.3) is 0 Å². The molecule has 1 rings (SSSR count). The monoisotopic (exact) mass is 244 g/mol. The maximum Gasteiger partial charge on any atom is 0.237 e. The molecule has 0 aromatic carbocycles. The predicted molar refractivity (Wildman–Crippen MR) is 65.3 cm³/mol. The largest absolute Gasteiger partial charge is 0.352 e. The van der Waals surface area contributed by atoms with E-state index in [1.807, 2.05) is 27.7 Å². The molecular weight excluding hydrogens is 220 g/mol. The third kappa shape index (κ3) is 4.26. The van der Waals surface area contributed by atoms with Gasteiger partial charge < -0.3 is 20.5 Å². The molecule has 3 N–H and O–H groups in total. The van der Waals surface area contributed by atoms with Crippen LogP contribution in [-0.2, 0) is 14.3 Å². The molecule has 0 bridgehead atoms. The van der Waals surface area contributed by atoms with Gasteiger partial charge in [0.2, 0.25) is 5.91 Å². The molecule has 2 unspecified atom stereocenters. The molecule has 0 saturated carbocycles. The van der Waals surface area contributed by atoms with Crippen LogP contribution in [0.15, 0.2) is 0 Å². The quantitative estimate of drug-likeness (QED) is 0.744. The van der Waals surface area contributed by atoms with E-state index in [9.17, 15) is 4.79 Å². The van der Waals surface area contributed by atoms with Crippen molar-refractivity contribution in [1.29, 1.82) is 0 Å². The number of ether oxygens (including phenoxy) is 2. The fourth-order valence-electron chi connectivity index (χ4n) is 1.71. The van der Waals surface area contributed by atoms with E-state index < -0.39 is 11.8 Å². The SMILES string of the molecule is CCC(C)[C@H](N)C(=O)NCC1COC(C)(C)O1. The zero-order valence-corrected chi connectivity index (χ0v) is 11.2. The van der Waals surface area contributed by atoms with Gasteiger partial charge in [0.05, 0.1) is 12.6 Å². The van der Waals surface area contributed by atoms with Crippen molar-refractivity contribution in [3.8, 4) is 0 Å². The molecular formula is C12H24N2O3. The van der Waals surface area contributed by atoms with Crippen LogP contribution in [-0.4, -0.2) is 37.0 Å². The minimum Gasteiger partial charge on any atom is -0.352 e. The van der Waals surface area contributed by atoms with Crippen molar-refractivity contribution in [3.05, 3.63) is 0 Å². The van der Waals surface area contributed by atoms with Gasteiger partial charge in [-0.25, -0.2) is 0 Å². The van der Waals surface area contributed by atoms with E-state index in [4.69, 9.17) is 15.2 Å². The Labute approximate surface area is 103 Å². The molecule has 0 aliphatic carbocycles. The highest BCUT2D eigenvalue weighted by Gasteiger charge is 2.33. The summed E-state index contributed by atoms with van der Waals surface area (Å²) in [4.78, 5) is 11.7. The van der Waals surface area contributed by atoms with Crippen LogP contribution in [0, 0.1) is 5.92 Å². The molecule has 1 fully saturated rings. The first-order valence-corrected chi connectivity index (χ1v) is 6.20. The van der Waals surface area contributed by atoms with Gasteiger partial charge in [0.15, 0.2) is 5.79 Å². The van der Waals surface area contributed by atoms with Crippen molar-refractivity contribution in [2.24, 2.45) is 11.7 Å². The highest BCUT2D eigenvalue weighted by atomic mass is 16.7. The maximum atomic E-state index is 11.7. The lowest BCUT2D eigenvalue weighted by Gasteiger charge is -2.20. The molecule has 5 heteroatoms. The van der Waals surface area contributed by atoms with Gasteiger partial charge in [-0.15, -0.1) is 0 Å². The molecule has 1 saturated heterocycles. The normalized spacial score (nSPS) is 26.5. The Balaban J connectivity index is 2.29. The zero-order valence-electron chi connectivity index (χ0n) is 11.2. The van der Waals surface area contributed by atoms with Crippen LogP contribution in [0.2, 0.25) is 0 Å². The topological polar surface area (TPSA) is 73.6 Å². The Bertz CT molecular complexity index is 268. The van der Waals surface area contributed by atoms with E-state index in [1.54, 1.807) is 0 Å². The minimum absolute atomic E-state index is 0.0851. The van der Waals surface area contributed by atoms with Gasteiger partial charge in [0.25, 0.3) is 0 Å². The third-order valence-electron chi connectivity index (χ3n) is 3.13. The van der Waals surface area contributed by atoms with E-state index in [-0.39, 0.29) is 17.9 Å². The number of nitrogens with two attached hydrogens (primary N) is 1. The molecule has 0 spiro atoms. The summed E-state index contributed by atoms with van der Waals surface area (Å²) in [6.07, 6.45) is 0.808. The smallest absolute Gasteiger partial charge is 0.237 e. The Morgan fingerprint density at radius 3 is 2.71 bits per heavy atom. The first-order valence-electron chi connectivity index (χ1n) is 6.20. The van der Waals surface area contributed by atoms with E-state index >= 15 is 0 Å². The molecule has 0 radical (unpaired) electrons. The number of hydrogen-bond acceptors (Lipinski definition) is 4. The number of nitrogens with one attached hydrogen (secondary N) is 1. The summed E-state index contributed by atoms with van der Waals surface area (Å²) in [5.41, 5.74) is 5.83. The number of carbonyl (C=O) groups excluding carboxylic acids is 1. The summed E-state index contributed by atoms with van der Waals surface area (Å²) >= 11 is 0. The Hall–Kier alpha value is -0.650. The third-order valence-corrected chi connectivity index (χ3v) is 3.13. The molecule has 0 aromatic heterocycles. The molecule has 17 heavy (non-hydrogen) atoms. The lowest BCUT2D eigenvalue weighted by atomic mass is 9.99. The Morgan fingerprint density at radius 2 is 2.24 bits per heavy atom. The minimum atomic E-state index is -0.547. The molecule has 0 aromatic rings. The summed E-state index contributed by atoms with van der Waals surface area (Å²) in [5, 5.41) is 2.81. The van der Waals surface area contributed by atoms with Crippen LogP contribution in [0.4, 0.5) is 0 Å². The lowest BCUT2D eigenvalue weighted by molar-refractivity contribution is -0.139. The number of amides is 1. The number of carbonyl (C=O) groups is 1. The predicted octanol–water partition coefficient (Wildman–Crippen LogP) is 0.628. The van der Waals surface area contributed by atoms with Gasteiger partial charge in [0.1, 0.15) is 6.10 Å².